The van der Waals surface area contributed by atoms with Crippen molar-refractivity contribution in [2.45, 2.75) is 31.0 Å². The zero-order valence-corrected chi connectivity index (χ0v) is 9.93. The van der Waals surface area contributed by atoms with E-state index in [0.29, 0.717) is 6.42 Å². The van der Waals surface area contributed by atoms with E-state index in [1.807, 2.05) is 12.1 Å². The van der Waals surface area contributed by atoms with Crippen LogP contribution in [-0.2, 0) is 12.0 Å². The Morgan fingerprint density at radius 3 is 2.67 bits per heavy atom. The van der Waals surface area contributed by atoms with E-state index < -0.39 is 18.3 Å². The number of aliphatic hydroxyl groups is 1. The van der Waals surface area contributed by atoms with E-state index in [4.69, 9.17) is 0 Å². The van der Waals surface area contributed by atoms with Crippen LogP contribution in [0, 0.1) is 0 Å². The Morgan fingerprint density at radius 2 is 2.00 bits per heavy atom. The van der Waals surface area contributed by atoms with Gasteiger partial charge in [-0.25, -0.2) is 0 Å². The molecule has 0 amide bonds. The summed E-state index contributed by atoms with van der Waals surface area (Å²) >= 11 is 0. The molecule has 0 saturated heterocycles. The summed E-state index contributed by atoms with van der Waals surface area (Å²) in [6.07, 6.45) is -2.11. The average Bonchev–Trinajstić information content (AvgIpc) is 2.35. The van der Waals surface area contributed by atoms with Crippen LogP contribution in [0.4, 0.5) is 13.2 Å². The largest absolute Gasteiger partial charge is 0.401 e. The molecule has 1 atom stereocenters. The second-order valence-electron chi connectivity index (χ2n) is 4.72. The lowest BCUT2D eigenvalue weighted by atomic mass is 9.77. The number of aliphatic hydroxyl groups excluding tert-OH is 1. The lowest BCUT2D eigenvalue weighted by molar-refractivity contribution is -0.130. The van der Waals surface area contributed by atoms with Crippen molar-refractivity contribution in [3.63, 3.8) is 0 Å². The summed E-state index contributed by atoms with van der Waals surface area (Å²) in [6.45, 7) is -1.40. The van der Waals surface area contributed by atoms with Gasteiger partial charge >= 0.3 is 6.18 Å². The van der Waals surface area contributed by atoms with Crippen molar-refractivity contribution in [3.05, 3.63) is 35.4 Å². The minimum absolute atomic E-state index is 0.319. The van der Waals surface area contributed by atoms with Gasteiger partial charge in [0, 0.05) is 0 Å². The third kappa shape index (κ3) is 2.67. The van der Waals surface area contributed by atoms with Gasteiger partial charge in [-0.05, 0) is 30.4 Å². The van der Waals surface area contributed by atoms with Crippen LogP contribution in [0.15, 0.2) is 24.3 Å². The van der Waals surface area contributed by atoms with Crippen LogP contribution in [0.25, 0.3) is 0 Å². The lowest BCUT2D eigenvalue weighted by Crippen LogP contribution is -2.51. The van der Waals surface area contributed by atoms with E-state index in [0.717, 1.165) is 24.0 Å². The highest BCUT2D eigenvalue weighted by Crippen LogP contribution is 2.35. The first-order valence-electron chi connectivity index (χ1n) is 5.98. The molecule has 18 heavy (non-hydrogen) atoms. The predicted molar refractivity (Wildman–Crippen MR) is 62.2 cm³/mol. The maximum atomic E-state index is 12.3. The van der Waals surface area contributed by atoms with E-state index in [1.165, 1.54) is 0 Å². The zero-order valence-electron chi connectivity index (χ0n) is 9.93. The van der Waals surface area contributed by atoms with Gasteiger partial charge in [0.1, 0.15) is 0 Å². The van der Waals surface area contributed by atoms with Gasteiger partial charge in [0.05, 0.1) is 18.7 Å². The average molecular weight is 259 g/mol. The van der Waals surface area contributed by atoms with E-state index >= 15 is 0 Å². The number of fused-ring (bicyclic) bond motifs is 1. The normalized spacial score (nSPS) is 23.8. The number of benzene rings is 1. The molecule has 5 heteroatoms. The van der Waals surface area contributed by atoms with Crippen LogP contribution in [0.1, 0.15) is 24.0 Å². The SMILES string of the molecule is OCC1(NCC(F)(F)F)CCCc2ccccc21. The summed E-state index contributed by atoms with van der Waals surface area (Å²) in [7, 11) is 0. The van der Waals surface area contributed by atoms with Crippen molar-refractivity contribution < 1.29 is 18.3 Å². The van der Waals surface area contributed by atoms with Gasteiger partial charge in [-0.15, -0.1) is 0 Å². The molecule has 1 unspecified atom stereocenters. The van der Waals surface area contributed by atoms with Crippen LogP contribution < -0.4 is 5.32 Å². The Kier molecular flexibility index (Phi) is 3.64. The monoisotopic (exact) mass is 259 g/mol. The van der Waals surface area contributed by atoms with E-state index in [1.54, 1.807) is 12.1 Å². The second kappa shape index (κ2) is 4.90. The number of alkyl halides is 3. The Labute approximate surface area is 104 Å². The highest BCUT2D eigenvalue weighted by Gasteiger charge is 2.39. The van der Waals surface area contributed by atoms with Gasteiger partial charge in [0.15, 0.2) is 0 Å². The second-order valence-corrected chi connectivity index (χ2v) is 4.72. The quantitative estimate of drug-likeness (QED) is 0.873. The Balaban J connectivity index is 2.28. The minimum atomic E-state index is -4.27. The summed E-state index contributed by atoms with van der Waals surface area (Å²) in [5, 5.41) is 12.1. The Bertz CT molecular complexity index is 419. The van der Waals surface area contributed by atoms with Gasteiger partial charge in [0.25, 0.3) is 0 Å². The molecular formula is C13H16F3NO. The molecule has 1 aromatic carbocycles. The number of hydrogen-bond donors (Lipinski definition) is 2. The van der Waals surface area contributed by atoms with E-state index in [-0.39, 0.29) is 6.61 Å². The third-order valence-corrected chi connectivity index (χ3v) is 3.48. The fourth-order valence-corrected chi connectivity index (χ4v) is 2.59. The fraction of sp³-hybridized carbons (Fsp3) is 0.538. The van der Waals surface area contributed by atoms with Crippen molar-refractivity contribution >= 4 is 0 Å². The minimum Gasteiger partial charge on any atom is -0.394 e. The molecule has 0 fully saturated rings. The summed E-state index contributed by atoms with van der Waals surface area (Å²) in [5.74, 6) is 0. The van der Waals surface area contributed by atoms with E-state index in [2.05, 4.69) is 5.32 Å². The van der Waals surface area contributed by atoms with Crippen molar-refractivity contribution in [1.82, 2.24) is 5.32 Å². The smallest absolute Gasteiger partial charge is 0.394 e. The highest BCUT2D eigenvalue weighted by atomic mass is 19.4. The van der Waals surface area contributed by atoms with Gasteiger partial charge in [-0.1, -0.05) is 24.3 Å². The number of halogens is 3. The van der Waals surface area contributed by atoms with Crippen LogP contribution in [0.5, 0.6) is 0 Å². The first-order chi connectivity index (χ1) is 8.47. The molecule has 1 aliphatic rings. The fourth-order valence-electron chi connectivity index (χ4n) is 2.59. The van der Waals surface area contributed by atoms with Crippen molar-refractivity contribution in [3.8, 4) is 0 Å². The molecule has 2 rings (SSSR count). The molecule has 0 heterocycles. The number of nitrogens with one attached hydrogen (secondary N) is 1. The molecule has 1 aliphatic carbocycles. The molecule has 0 aliphatic heterocycles. The van der Waals surface area contributed by atoms with Crippen molar-refractivity contribution in [2.75, 3.05) is 13.2 Å². The number of aryl methyl sites for hydroxylation is 1. The molecule has 0 bridgehead atoms. The maximum absolute atomic E-state index is 12.3. The standard InChI is InChI=1S/C13H16F3NO/c14-13(15,16)8-17-12(9-18)7-3-5-10-4-1-2-6-11(10)12/h1-2,4,6,17-18H,3,5,7-9H2. The number of rotatable bonds is 3. The van der Waals surface area contributed by atoms with Gasteiger partial charge in [-0.3, -0.25) is 5.32 Å². The van der Waals surface area contributed by atoms with Crippen LogP contribution >= 0.6 is 0 Å². The summed E-state index contributed by atoms with van der Waals surface area (Å²) in [6, 6.07) is 7.38. The van der Waals surface area contributed by atoms with Crippen LogP contribution in [0.2, 0.25) is 0 Å². The molecule has 0 aromatic heterocycles. The Morgan fingerprint density at radius 1 is 1.28 bits per heavy atom. The highest BCUT2D eigenvalue weighted by molar-refractivity contribution is 5.36. The molecule has 0 saturated carbocycles. The molecule has 0 spiro atoms. The predicted octanol–water partition coefficient (Wildman–Crippen LogP) is 2.36. The van der Waals surface area contributed by atoms with Crippen LogP contribution in [0.3, 0.4) is 0 Å². The molecule has 2 nitrogen and oxygen atoms in total. The van der Waals surface area contributed by atoms with Crippen LogP contribution in [-0.4, -0.2) is 24.4 Å². The third-order valence-electron chi connectivity index (χ3n) is 3.48. The molecule has 1 aromatic rings. The lowest BCUT2D eigenvalue weighted by Gasteiger charge is -2.39. The molecule has 2 N–H and O–H groups in total. The first-order valence-corrected chi connectivity index (χ1v) is 5.98. The first kappa shape index (κ1) is 13.4. The van der Waals surface area contributed by atoms with Crippen molar-refractivity contribution in [1.29, 1.82) is 0 Å². The zero-order chi connectivity index (χ0) is 13.2. The molecular weight excluding hydrogens is 243 g/mol. The van der Waals surface area contributed by atoms with Gasteiger partial charge in [0.2, 0.25) is 0 Å². The van der Waals surface area contributed by atoms with Gasteiger partial charge < -0.3 is 5.11 Å². The van der Waals surface area contributed by atoms with Crippen molar-refractivity contribution in [2.24, 2.45) is 0 Å². The molecule has 0 radical (unpaired) electrons. The maximum Gasteiger partial charge on any atom is 0.401 e. The van der Waals surface area contributed by atoms with E-state index in [9.17, 15) is 18.3 Å². The summed E-state index contributed by atoms with van der Waals surface area (Å²) in [5.41, 5.74) is 0.861. The Hall–Kier alpha value is -1.07. The number of hydrogen-bond acceptors (Lipinski definition) is 2. The summed E-state index contributed by atoms with van der Waals surface area (Å²) in [4.78, 5) is 0. The molecule has 100 valence electrons. The topological polar surface area (TPSA) is 32.3 Å². The van der Waals surface area contributed by atoms with Gasteiger partial charge in [-0.2, -0.15) is 13.2 Å². The summed E-state index contributed by atoms with van der Waals surface area (Å²) < 4.78 is 37.0.